The normalized spacial score (nSPS) is 14.6. The van der Waals surface area contributed by atoms with Crippen LogP contribution in [0.25, 0.3) is 0 Å². The molecule has 0 spiro atoms. The van der Waals surface area contributed by atoms with E-state index in [0.717, 1.165) is 12.8 Å². The standard InChI is InChI=1S/C30H53N3O6/c1-7-8-13-32-30(36)25(22(4)5)19-27(34)26(31)18-23(21(2)3)20-33-29(35)24-11-9-10-12-28(24)39-17-16-38-15-14-37-6/h9-12,21-23,25-27,34H,7-8,13-20,31H2,1-6H3,(H,32,36)(H,33,35). The zero-order valence-corrected chi connectivity index (χ0v) is 24.9. The number of hydrogen-bond acceptors (Lipinski definition) is 7. The number of carbonyl (C=O) groups is 2. The molecular formula is C30H53N3O6. The Balaban J connectivity index is 2.68. The van der Waals surface area contributed by atoms with Crippen molar-refractivity contribution in [1.29, 1.82) is 0 Å². The number of benzene rings is 1. The third-order valence-corrected chi connectivity index (χ3v) is 7.05. The average Bonchev–Trinajstić information content (AvgIpc) is 2.90. The van der Waals surface area contributed by atoms with E-state index in [-0.39, 0.29) is 35.5 Å². The molecule has 9 heteroatoms. The van der Waals surface area contributed by atoms with Crippen LogP contribution in [0.4, 0.5) is 0 Å². The molecule has 9 nitrogen and oxygen atoms in total. The van der Waals surface area contributed by atoms with E-state index in [0.29, 0.717) is 63.7 Å². The van der Waals surface area contributed by atoms with Gasteiger partial charge < -0.3 is 35.7 Å². The quantitative estimate of drug-likeness (QED) is 0.172. The van der Waals surface area contributed by atoms with E-state index in [1.807, 2.05) is 19.9 Å². The van der Waals surface area contributed by atoms with Crippen molar-refractivity contribution in [2.24, 2.45) is 29.4 Å². The first-order valence-electron chi connectivity index (χ1n) is 14.4. The molecule has 1 aromatic carbocycles. The second kappa shape index (κ2) is 19.8. The van der Waals surface area contributed by atoms with Gasteiger partial charge in [0.05, 0.1) is 31.5 Å². The number of rotatable bonds is 21. The average molecular weight is 552 g/mol. The Labute approximate surface area is 235 Å². The smallest absolute Gasteiger partial charge is 0.255 e. The van der Waals surface area contributed by atoms with E-state index in [2.05, 4.69) is 31.4 Å². The lowest BCUT2D eigenvalue weighted by Crippen LogP contribution is -2.44. The number of hydrogen-bond donors (Lipinski definition) is 4. The van der Waals surface area contributed by atoms with Gasteiger partial charge >= 0.3 is 0 Å². The molecular weight excluding hydrogens is 498 g/mol. The van der Waals surface area contributed by atoms with Gasteiger partial charge in [0, 0.05) is 32.2 Å². The SMILES string of the molecule is CCCCNC(=O)C(CC(O)C(N)CC(CNC(=O)c1ccccc1OCCOCCOC)C(C)C)C(C)C. The van der Waals surface area contributed by atoms with E-state index in [4.69, 9.17) is 19.9 Å². The molecule has 0 saturated carbocycles. The molecule has 224 valence electrons. The van der Waals surface area contributed by atoms with Crippen LogP contribution in [0.3, 0.4) is 0 Å². The van der Waals surface area contributed by atoms with Gasteiger partial charge in [0.2, 0.25) is 5.91 Å². The number of para-hydroxylation sites is 1. The summed E-state index contributed by atoms with van der Waals surface area (Å²) in [4.78, 5) is 25.7. The predicted molar refractivity (Wildman–Crippen MR) is 155 cm³/mol. The van der Waals surface area contributed by atoms with Crippen LogP contribution in [0, 0.1) is 23.7 Å². The molecule has 4 unspecified atom stereocenters. The first-order valence-corrected chi connectivity index (χ1v) is 14.4. The Morgan fingerprint density at radius 1 is 0.974 bits per heavy atom. The highest BCUT2D eigenvalue weighted by Gasteiger charge is 2.29. The molecule has 0 aliphatic heterocycles. The Morgan fingerprint density at radius 2 is 1.67 bits per heavy atom. The van der Waals surface area contributed by atoms with Gasteiger partial charge in [0.1, 0.15) is 12.4 Å². The Bertz CT molecular complexity index is 820. The molecule has 0 aliphatic rings. The van der Waals surface area contributed by atoms with Gasteiger partial charge in [-0.05, 0) is 49.1 Å². The van der Waals surface area contributed by atoms with Crippen LogP contribution in [0.2, 0.25) is 0 Å². The number of ether oxygens (including phenoxy) is 3. The Hall–Kier alpha value is -2.20. The Morgan fingerprint density at radius 3 is 2.31 bits per heavy atom. The third kappa shape index (κ3) is 13.6. The molecule has 5 N–H and O–H groups in total. The fourth-order valence-corrected chi connectivity index (χ4v) is 4.29. The highest BCUT2D eigenvalue weighted by Crippen LogP contribution is 2.24. The molecule has 39 heavy (non-hydrogen) atoms. The molecule has 0 saturated heterocycles. The fraction of sp³-hybridized carbons (Fsp3) is 0.733. The predicted octanol–water partition coefficient (Wildman–Crippen LogP) is 3.39. The van der Waals surface area contributed by atoms with E-state index in [1.54, 1.807) is 25.3 Å². The summed E-state index contributed by atoms with van der Waals surface area (Å²) < 4.78 is 16.2. The van der Waals surface area contributed by atoms with Crippen molar-refractivity contribution in [1.82, 2.24) is 10.6 Å². The van der Waals surface area contributed by atoms with Gasteiger partial charge in [0.25, 0.3) is 5.91 Å². The van der Waals surface area contributed by atoms with Crippen molar-refractivity contribution in [2.45, 2.75) is 72.4 Å². The topological polar surface area (TPSA) is 132 Å². The molecule has 0 bridgehead atoms. The van der Waals surface area contributed by atoms with Crippen LogP contribution in [-0.4, -0.2) is 75.7 Å². The van der Waals surface area contributed by atoms with Crippen molar-refractivity contribution in [3.05, 3.63) is 29.8 Å². The maximum absolute atomic E-state index is 13.0. The highest BCUT2D eigenvalue weighted by molar-refractivity contribution is 5.96. The van der Waals surface area contributed by atoms with Gasteiger partial charge in [-0.2, -0.15) is 0 Å². The maximum atomic E-state index is 13.0. The summed E-state index contributed by atoms with van der Waals surface area (Å²) in [5.41, 5.74) is 6.89. The largest absolute Gasteiger partial charge is 0.490 e. The first-order chi connectivity index (χ1) is 18.6. The van der Waals surface area contributed by atoms with E-state index in [1.165, 1.54) is 0 Å². The second-order valence-corrected chi connectivity index (χ2v) is 10.9. The molecule has 4 atom stereocenters. The number of unbranched alkanes of at least 4 members (excludes halogenated alkanes) is 1. The Kier molecular flexibility index (Phi) is 17.7. The van der Waals surface area contributed by atoms with Crippen molar-refractivity contribution in [3.63, 3.8) is 0 Å². The fourth-order valence-electron chi connectivity index (χ4n) is 4.29. The van der Waals surface area contributed by atoms with Crippen LogP contribution >= 0.6 is 0 Å². The number of amides is 2. The van der Waals surface area contributed by atoms with Gasteiger partial charge in [-0.15, -0.1) is 0 Å². The number of carbonyl (C=O) groups excluding carboxylic acids is 2. The third-order valence-electron chi connectivity index (χ3n) is 7.05. The lowest BCUT2D eigenvalue weighted by atomic mass is 9.83. The molecule has 1 aromatic rings. The second-order valence-electron chi connectivity index (χ2n) is 10.9. The molecule has 2 amide bonds. The van der Waals surface area contributed by atoms with Gasteiger partial charge in [-0.25, -0.2) is 0 Å². The lowest BCUT2D eigenvalue weighted by Gasteiger charge is -2.30. The zero-order valence-electron chi connectivity index (χ0n) is 24.9. The summed E-state index contributed by atoms with van der Waals surface area (Å²) >= 11 is 0. The van der Waals surface area contributed by atoms with Crippen LogP contribution in [0.15, 0.2) is 24.3 Å². The number of nitrogens with one attached hydrogen (secondary N) is 2. The van der Waals surface area contributed by atoms with Crippen LogP contribution in [0.5, 0.6) is 5.75 Å². The lowest BCUT2D eigenvalue weighted by molar-refractivity contribution is -0.127. The molecule has 0 fully saturated rings. The van der Waals surface area contributed by atoms with Gasteiger partial charge in [-0.1, -0.05) is 53.2 Å². The monoisotopic (exact) mass is 551 g/mol. The van der Waals surface area contributed by atoms with Crippen molar-refractivity contribution < 1.29 is 28.9 Å². The minimum atomic E-state index is -0.813. The number of nitrogens with two attached hydrogens (primary N) is 1. The molecule has 0 radical (unpaired) electrons. The highest BCUT2D eigenvalue weighted by atomic mass is 16.5. The van der Waals surface area contributed by atoms with E-state index < -0.39 is 12.1 Å². The number of methoxy groups -OCH3 is 1. The summed E-state index contributed by atoms with van der Waals surface area (Å²) in [5.74, 6) is 0.314. The van der Waals surface area contributed by atoms with Crippen LogP contribution < -0.4 is 21.1 Å². The summed E-state index contributed by atoms with van der Waals surface area (Å²) in [6.45, 7) is 13.0. The van der Waals surface area contributed by atoms with Crippen molar-refractivity contribution in [2.75, 3.05) is 46.6 Å². The summed E-state index contributed by atoms with van der Waals surface area (Å²) in [6.07, 6.45) is 1.97. The van der Waals surface area contributed by atoms with Crippen molar-refractivity contribution >= 4 is 11.8 Å². The van der Waals surface area contributed by atoms with E-state index in [9.17, 15) is 14.7 Å². The first kappa shape index (κ1) is 34.8. The van der Waals surface area contributed by atoms with Gasteiger partial charge in [0.15, 0.2) is 0 Å². The van der Waals surface area contributed by atoms with Crippen LogP contribution in [0.1, 0.15) is 70.7 Å². The molecule has 1 rings (SSSR count). The van der Waals surface area contributed by atoms with Gasteiger partial charge in [-0.3, -0.25) is 9.59 Å². The van der Waals surface area contributed by atoms with E-state index >= 15 is 0 Å². The summed E-state index contributed by atoms with van der Waals surface area (Å²) in [7, 11) is 1.62. The van der Waals surface area contributed by atoms with Crippen molar-refractivity contribution in [3.8, 4) is 5.75 Å². The minimum Gasteiger partial charge on any atom is -0.490 e. The van der Waals surface area contributed by atoms with Crippen LogP contribution in [-0.2, 0) is 14.3 Å². The number of aliphatic hydroxyl groups excluding tert-OH is 1. The zero-order chi connectivity index (χ0) is 29.2. The summed E-state index contributed by atoms with van der Waals surface area (Å²) in [6, 6.07) is 6.61. The number of aliphatic hydroxyl groups is 1. The molecule has 0 aliphatic carbocycles. The maximum Gasteiger partial charge on any atom is 0.255 e. The molecule has 0 aromatic heterocycles. The summed E-state index contributed by atoms with van der Waals surface area (Å²) in [5, 5.41) is 16.9. The molecule has 0 heterocycles. The minimum absolute atomic E-state index is 0.0280.